The molecule has 1 aliphatic rings. The van der Waals surface area contributed by atoms with Crippen LogP contribution in [0.2, 0.25) is 0 Å². The van der Waals surface area contributed by atoms with Gasteiger partial charge in [0, 0.05) is 5.92 Å². The van der Waals surface area contributed by atoms with E-state index in [9.17, 15) is 5.11 Å². The summed E-state index contributed by atoms with van der Waals surface area (Å²) in [5.74, 6) is 0.360. The molecule has 0 bridgehead atoms. The maximum absolute atomic E-state index is 9.45. The molecule has 0 amide bonds. The molecule has 0 spiro atoms. The topological polar surface area (TPSA) is 48.4 Å². The minimum atomic E-state index is 0. The van der Waals surface area contributed by atoms with E-state index < -0.39 is 0 Å². The second kappa shape index (κ2) is 13.6. The smallest absolute Gasteiger partial charge is 0.668 e. The first-order valence-corrected chi connectivity index (χ1v) is 7.90. The van der Waals surface area contributed by atoms with Crippen LogP contribution in [0.4, 0.5) is 0 Å². The fraction of sp³-hybridized carbons (Fsp3) is 0.500. The van der Waals surface area contributed by atoms with Crippen molar-refractivity contribution in [1.82, 2.24) is 0 Å². The third kappa shape index (κ3) is 6.66. The number of nitrogens with zero attached hydrogens (tertiary/aromatic N) is 2. The van der Waals surface area contributed by atoms with Crippen molar-refractivity contribution in [3.8, 4) is 0 Å². The van der Waals surface area contributed by atoms with E-state index in [1.807, 2.05) is 12.1 Å². The Morgan fingerprint density at radius 3 is 1.58 bits per heavy atom. The molecule has 0 aliphatic heterocycles. The zero-order chi connectivity index (χ0) is 18.0. The van der Waals surface area contributed by atoms with Crippen LogP contribution in [0.5, 0.6) is 0 Å². The average molecular weight is 364 g/mol. The standard InChI is InChI=1S/C16H20O.2C2H6N.Ti/c1-10-11(2)13(4)16(12(10)3)15-8-6-5-7-14(15)9-17;2*1-3-2;/h5-8,16-17H,9H2,1-4H3;2*1-2H3;/q;2*-1;+2. The van der Waals surface area contributed by atoms with Gasteiger partial charge in [-0.15, -0.1) is 0 Å². The van der Waals surface area contributed by atoms with Crippen molar-refractivity contribution in [2.24, 2.45) is 0 Å². The van der Waals surface area contributed by atoms with Gasteiger partial charge in [-0.05, 0) is 50.0 Å². The minimum absolute atomic E-state index is 0. The van der Waals surface area contributed by atoms with Crippen molar-refractivity contribution >= 4 is 0 Å². The van der Waals surface area contributed by atoms with Crippen molar-refractivity contribution < 1.29 is 26.8 Å². The second-order valence-electron chi connectivity index (χ2n) is 5.80. The molecule has 4 heteroatoms. The maximum atomic E-state index is 9.45. The summed E-state index contributed by atoms with van der Waals surface area (Å²) in [7, 11) is 7.00. The zero-order valence-electron chi connectivity index (χ0n) is 16.4. The van der Waals surface area contributed by atoms with Gasteiger partial charge in [-0.25, -0.2) is 0 Å². The third-order valence-electron chi connectivity index (χ3n) is 4.15. The van der Waals surface area contributed by atoms with Crippen molar-refractivity contribution in [3.63, 3.8) is 0 Å². The SMILES string of the molecule is CC1=C(C)C(c2ccccc2CO)C(C)=C1C.C[N-]C.C[N-]C.[Ti+2]. The largest absolute Gasteiger partial charge is 2.00 e. The van der Waals surface area contributed by atoms with Crippen LogP contribution in [-0.2, 0) is 28.3 Å². The number of benzene rings is 1. The average Bonchev–Trinajstić information content (AvgIpc) is 2.73. The molecule has 0 saturated heterocycles. The minimum Gasteiger partial charge on any atom is -0.668 e. The van der Waals surface area contributed by atoms with Gasteiger partial charge in [-0.1, -0.05) is 35.4 Å². The molecule has 1 aliphatic carbocycles. The molecule has 2 rings (SSSR count). The number of rotatable bonds is 2. The molecule has 24 heavy (non-hydrogen) atoms. The predicted molar refractivity (Wildman–Crippen MR) is 102 cm³/mol. The molecular formula is C20H32N2OTi. The van der Waals surface area contributed by atoms with Crippen LogP contribution in [0.3, 0.4) is 0 Å². The Bertz CT molecular complexity index is 524. The van der Waals surface area contributed by atoms with Gasteiger partial charge in [-0.3, -0.25) is 0 Å². The molecular weight excluding hydrogens is 332 g/mol. The molecule has 0 saturated carbocycles. The van der Waals surface area contributed by atoms with Crippen molar-refractivity contribution in [2.75, 3.05) is 28.2 Å². The van der Waals surface area contributed by atoms with E-state index in [2.05, 4.69) is 50.5 Å². The van der Waals surface area contributed by atoms with E-state index in [-0.39, 0.29) is 28.3 Å². The van der Waals surface area contributed by atoms with E-state index in [0.717, 1.165) is 5.56 Å². The first-order valence-electron chi connectivity index (χ1n) is 7.90. The van der Waals surface area contributed by atoms with Crippen molar-refractivity contribution in [3.05, 3.63) is 68.3 Å². The van der Waals surface area contributed by atoms with Crippen molar-refractivity contribution in [2.45, 2.75) is 40.2 Å². The van der Waals surface area contributed by atoms with Crippen LogP contribution in [0.25, 0.3) is 10.6 Å². The van der Waals surface area contributed by atoms with E-state index in [0.29, 0.717) is 5.92 Å². The summed E-state index contributed by atoms with van der Waals surface area (Å²) < 4.78 is 0. The molecule has 1 aromatic rings. The summed E-state index contributed by atoms with van der Waals surface area (Å²) in [6.45, 7) is 8.90. The number of aliphatic hydroxyl groups excluding tert-OH is 1. The summed E-state index contributed by atoms with van der Waals surface area (Å²) >= 11 is 0. The molecule has 3 nitrogen and oxygen atoms in total. The van der Waals surface area contributed by atoms with Gasteiger partial charge in [0.25, 0.3) is 0 Å². The molecule has 0 fully saturated rings. The summed E-state index contributed by atoms with van der Waals surface area (Å²) in [5.41, 5.74) is 7.93. The molecule has 132 valence electrons. The van der Waals surface area contributed by atoms with Gasteiger partial charge in [0.05, 0.1) is 6.61 Å². The Labute approximate surface area is 163 Å². The van der Waals surface area contributed by atoms with Gasteiger partial charge in [0.1, 0.15) is 0 Å². The maximum Gasteiger partial charge on any atom is 2.00 e. The van der Waals surface area contributed by atoms with Crippen LogP contribution < -0.4 is 0 Å². The van der Waals surface area contributed by atoms with E-state index in [1.165, 1.54) is 27.9 Å². The molecule has 1 N–H and O–H groups in total. The van der Waals surface area contributed by atoms with Crippen LogP contribution in [-0.4, -0.2) is 33.3 Å². The second-order valence-corrected chi connectivity index (χ2v) is 5.80. The summed E-state index contributed by atoms with van der Waals surface area (Å²) in [4.78, 5) is 0. The number of hydrogen-bond acceptors (Lipinski definition) is 1. The Kier molecular flexibility index (Phi) is 14.4. The Morgan fingerprint density at radius 1 is 0.833 bits per heavy atom. The molecule has 0 unspecified atom stereocenters. The fourth-order valence-corrected chi connectivity index (χ4v) is 2.78. The fourth-order valence-electron chi connectivity index (χ4n) is 2.78. The Balaban J connectivity index is 0. The molecule has 0 heterocycles. The number of allylic oxidation sites excluding steroid dienone is 4. The molecule has 0 atom stereocenters. The van der Waals surface area contributed by atoms with Crippen LogP contribution in [0, 0.1) is 0 Å². The quantitative estimate of drug-likeness (QED) is 0.722. The summed E-state index contributed by atoms with van der Waals surface area (Å²) in [6.07, 6.45) is 0. The van der Waals surface area contributed by atoms with E-state index >= 15 is 0 Å². The normalized spacial score (nSPS) is 13.7. The third-order valence-corrected chi connectivity index (χ3v) is 4.15. The monoisotopic (exact) mass is 364 g/mol. The van der Waals surface area contributed by atoms with Gasteiger partial charge in [-0.2, -0.15) is 28.2 Å². The Hall–Kier alpha value is -0.706. The zero-order valence-corrected chi connectivity index (χ0v) is 18.0. The predicted octanol–water partition coefficient (Wildman–Crippen LogP) is 5.19. The van der Waals surface area contributed by atoms with Gasteiger partial charge in [0.15, 0.2) is 0 Å². The van der Waals surface area contributed by atoms with Crippen LogP contribution in [0.1, 0.15) is 44.7 Å². The van der Waals surface area contributed by atoms with E-state index in [1.54, 1.807) is 28.2 Å². The number of hydrogen-bond donors (Lipinski definition) is 1. The van der Waals surface area contributed by atoms with Gasteiger partial charge in [0.2, 0.25) is 0 Å². The molecule has 1 aromatic carbocycles. The first-order chi connectivity index (χ1) is 10.9. The molecule has 0 aromatic heterocycles. The first kappa shape index (κ1) is 25.5. The molecule has 0 radical (unpaired) electrons. The van der Waals surface area contributed by atoms with Gasteiger partial charge >= 0.3 is 21.7 Å². The van der Waals surface area contributed by atoms with Crippen LogP contribution >= 0.6 is 0 Å². The summed E-state index contributed by atoms with van der Waals surface area (Å²) in [5, 5.41) is 16.5. The van der Waals surface area contributed by atoms with Crippen molar-refractivity contribution in [1.29, 1.82) is 0 Å². The Morgan fingerprint density at radius 2 is 1.21 bits per heavy atom. The van der Waals surface area contributed by atoms with E-state index in [4.69, 9.17) is 0 Å². The van der Waals surface area contributed by atoms with Crippen LogP contribution in [0.15, 0.2) is 46.6 Å². The van der Waals surface area contributed by atoms with Gasteiger partial charge < -0.3 is 15.7 Å². The number of aliphatic hydroxyl groups is 1. The summed E-state index contributed by atoms with van der Waals surface area (Å²) in [6, 6.07) is 8.19.